The fourth-order valence-corrected chi connectivity index (χ4v) is 4.50. The number of nitrogens with zero attached hydrogens (tertiary/aromatic N) is 4. The molecule has 1 amide bonds. The van der Waals surface area contributed by atoms with Crippen LogP contribution in [0.5, 0.6) is 0 Å². The van der Waals surface area contributed by atoms with Gasteiger partial charge in [-0.05, 0) is 18.2 Å². The fraction of sp³-hybridized carbons (Fsp3) is 0.240. The van der Waals surface area contributed by atoms with E-state index in [0.29, 0.717) is 48.9 Å². The average molecular weight is 479 g/mol. The number of ether oxygens (including phenoxy) is 1. The van der Waals surface area contributed by atoms with Crippen molar-refractivity contribution in [2.75, 3.05) is 38.2 Å². The lowest BCUT2D eigenvalue weighted by molar-refractivity contribution is 0.0710. The van der Waals surface area contributed by atoms with E-state index in [1.54, 1.807) is 30.3 Å². The third kappa shape index (κ3) is 3.95. The summed E-state index contributed by atoms with van der Waals surface area (Å²) < 4.78 is 12.5. The van der Waals surface area contributed by atoms with Gasteiger partial charge in [-0.25, -0.2) is 0 Å². The molecule has 3 heterocycles. The molecule has 34 heavy (non-hydrogen) atoms. The molecule has 0 unspecified atom stereocenters. The molecule has 5 rings (SSSR count). The summed E-state index contributed by atoms with van der Waals surface area (Å²) in [5.74, 6) is 0.133. The number of carbonyl (C=O) groups excluding carboxylic acids is 1. The molecule has 1 saturated heterocycles. The third-order valence-corrected chi connectivity index (χ3v) is 6.35. The van der Waals surface area contributed by atoms with Gasteiger partial charge in [-0.15, -0.1) is 0 Å². The zero-order chi connectivity index (χ0) is 23.7. The normalized spacial score (nSPS) is 14.1. The van der Waals surface area contributed by atoms with Gasteiger partial charge in [0.1, 0.15) is 10.6 Å². The van der Waals surface area contributed by atoms with Gasteiger partial charge in [0.25, 0.3) is 11.5 Å². The van der Waals surface area contributed by atoms with Gasteiger partial charge >= 0.3 is 0 Å². The number of piperazine rings is 1. The van der Waals surface area contributed by atoms with Crippen LogP contribution in [0.4, 0.5) is 5.69 Å². The topological polar surface area (TPSA) is 80.8 Å². The fourth-order valence-electron chi connectivity index (χ4n) is 4.25. The van der Waals surface area contributed by atoms with Crippen LogP contribution in [0, 0.1) is 0 Å². The summed E-state index contributed by atoms with van der Waals surface area (Å²) in [5, 5.41) is 5.30. The van der Waals surface area contributed by atoms with Gasteiger partial charge in [-0.3, -0.25) is 9.59 Å². The zero-order valence-electron chi connectivity index (χ0n) is 18.6. The molecular weight excluding hydrogens is 456 g/mol. The largest absolute Gasteiger partial charge is 0.451 e. The summed E-state index contributed by atoms with van der Waals surface area (Å²) in [5.41, 5.74) is 2.25. The molecule has 0 radical (unpaired) electrons. The molecule has 1 fully saturated rings. The number of amides is 1. The quantitative estimate of drug-likeness (QED) is 0.434. The summed E-state index contributed by atoms with van der Waals surface area (Å²) in [6, 6.07) is 16.7. The van der Waals surface area contributed by atoms with Crippen molar-refractivity contribution >= 4 is 34.2 Å². The van der Waals surface area contributed by atoms with Crippen LogP contribution in [0.25, 0.3) is 16.7 Å². The summed E-state index contributed by atoms with van der Waals surface area (Å²) in [6.07, 6.45) is 1.60. The van der Waals surface area contributed by atoms with Gasteiger partial charge in [0, 0.05) is 44.2 Å². The molecule has 0 aliphatic carbocycles. The summed E-state index contributed by atoms with van der Waals surface area (Å²) in [4.78, 5) is 29.9. The molecule has 0 N–H and O–H groups in total. The smallest absolute Gasteiger partial charge is 0.292 e. The summed E-state index contributed by atoms with van der Waals surface area (Å²) >= 11 is 6.45. The van der Waals surface area contributed by atoms with E-state index in [1.807, 2.05) is 47.4 Å². The van der Waals surface area contributed by atoms with Crippen LogP contribution in [-0.4, -0.2) is 53.9 Å². The number of para-hydroxylation sites is 2. The Morgan fingerprint density at radius 3 is 2.50 bits per heavy atom. The second kappa shape index (κ2) is 9.32. The van der Waals surface area contributed by atoms with Crippen molar-refractivity contribution in [2.45, 2.75) is 6.61 Å². The van der Waals surface area contributed by atoms with Crippen molar-refractivity contribution in [1.29, 1.82) is 0 Å². The minimum atomic E-state index is -0.379. The number of fused-ring (bicyclic) bond motifs is 1. The molecular formula is C25H23ClN4O4. The van der Waals surface area contributed by atoms with Crippen LogP contribution in [0.3, 0.4) is 0 Å². The lowest BCUT2D eigenvalue weighted by atomic mass is 10.1. The van der Waals surface area contributed by atoms with Crippen LogP contribution >= 0.6 is 11.6 Å². The highest BCUT2D eigenvalue weighted by atomic mass is 35.5. The first kappa shape index (κ1) is 22.2. The van der Waals surface area contributed by atoms with Crippen LogP contribution in [0.1, 0.15) is 16.1 Å². The molecule has 2 aromatic heterocycles. The van der Waals surface area contributed by atoms with E-state index < -0.39 is 0 Å². The molecule has 0 atom stereocenters. The Kier molecular flexibility index (Phi) is 6.08. The Bertz CT molecular complexity index is 1390. The Morgan fingerprint density at radius 2 is 1.76 bits per heavy atom. The van der Waals surface area contributed by atoms with Gasteiger partial charge in [0.05, 0.1) is 24.2 Å². The number of furan rings is 1. The molecule has 4 aromatic rings. The van der Waals surface area contributed by atoms with Crippen LogP contribution in [0.2, 0.25) is 5.02 Å². The number of hydrogen-bond acceptors (Lipinski definition) is 6. The van der Waals surface area contributed by atoms with Crippen molar-refractivity contribution < 1.29 is 13.9 Å². The van der Waals surface area contributed by atoms with E-state index in [9.17, 15) is 9.59 Å². The number of hydrogen-bond donors (Lipinski definition) is 0. The Hall–Kier alpha value is -3.62. The van der Waals surface area contributed by atoms with E-state index in [4.69, 9.17) is 20.8 Å². The van der Waals surface area contributed by atoms with Crippen molar-refractivity contribution in [3.05, 3.63) is 87.5 Å². The number of halogens is 1. The van der Waals surface area contributed by atoms with E-state index in [2.05, 4.69) is 5.10 Å². The van der Waals surface area contributed by atoms with Crippen molar-refractivity contribution in [2.24, 2.45) is 0 Å². The maximum Gasteiger partial charge on any atom is 0.292 e. The second-order valence-corrected chi connectivity index (χ2v) is 8.39. The van der Waals surface area contributed by atoms with Crippen LogP contribution in [0.15, 0.2) is 70.0 Å². The number of methoxy groups -OCH3 is 1. The average Bonchev–Trinajstić information content (AvgIpc) is 3.24. The molecule has 1 aliphatic rings. The SMILES string of the molecule is COCc1c(C(=O)N2CCN(c3cnn(-c4ccccc4)c(=O)c3Cl)CC2)oc2ccccc12. The highest BCUT2D eigenvalue weighted by molar-refractivity contribution is 6.33. The van der Waals surface area contributed by atoms with Crippen LogP contribution < -0.4 is 10.5 Å². The molecule has 1 aliphatic heterocycles. The molecule has 0 saturated carbocycles. The van der Waals surface area contributed by atoms with E-state index in [1.165, 1.54) is 4.68 Å². The summed E-state index contributed by atoms with van der Waals surface area (Å²) in [7, 11) is 1.60. The van der Waals surface area contributed by atoms with Crippen molar-refractivity contribution in [1.82, 2.24) is 14.7 Å². The Labute approximate surface area is 200 Å². The highest BCUT2D eigenvalue weighted by Crippen LogP contribution is 2.29. The second-order valence-electron chi connectivity index (χ2n) is 8.01. The number of carbonyl (C=O) groups is 1. The number of anilines is 1. The number of rotatable bonds is 5. The Morgan fingerprint density at radius 1 is 1.06 bits per heavy atom. The predicted octanol–water partition coefficient (Wildman–Crippen LogP) is 3.74. The Balaban J connectivity index is 1.34. The van der Waals surface area contributed by atoms with Gasteiger partial charge < -0.3 is 19.0 Å². The van der Waals surface area contributed by atoms with Crippen molar-refractivity contribution in [3.63, 3.8) is 0 Å². The number of benzene rings is 2. The monoisotopic (exact) mass is 478 g/mol. The first-order chi connectivity index (χ1) is 16.6. The summed E-state index contributed by atoms with van der Waals surface area (Å²) in [6.45, 7) is 2.24. The van der Waals surface area contributed by atoms with Gasteiger partial charge in [0.15, 0.2) is 5.76 Å². The molecule has 174 valence electrons. The minimum absolute atomic E-state index is 0.110. The predicted molar refractivity (Wildman–Crippen MR) is 130 cm³/mol. The molecule has 9 heteroatoms. The lowest BCUT2D eigenvalue weighted by Gasteiger charge is -2.35. The maximum atomic E-state index is 13.3. The molecule has 0 spiro atoms. The van der Waals surface area contributed by atoms with E-state index in [-0.39, 0.29) is 23.1 Å². The standard InChI is InChI=1S/C25H23ClN4O4/c1-33-16-19-18-9-5-6-10-21(18)34-23(19)25(32)29-13-11-28(12-14-29)20-15-27-30(24(31)22(20)26)17-7-3-2-4-8-17/h2-10,15H,11-14,16H2,1H3. The minimum Gasteiger partial charge on any atom is -0.451 e. The van der Waals surface area contributed by atoms with Gasteiger partial charge in [-0.1, -0.05) is 48.0 Å². The highest BCUT2D eigenvalue weighted by Gasteiger charge is 2.29. The first-order valence-electron chi connectivity index (χ1n) is 11.0. The van der Waals surface area contributed by atoms with Crippen LogP contribution in [-0.2, 0) is 11.3 Å². The molecule has 0 bridgehead atoms. The maximum absolute atomic E-state index is 13.3. The van der Waals surface area contributed by atoms with Gasteiger partial charge in [0.2, 0.25) is 0 Å². The van der Waals surface area contributed by atoms with Crippen molar-refractivity contribution in [3.8, 4) is 5.69 Å². The third-order valence-electron chi connectivity index (χ3n) is 5.99. The lowest BCUT2D eigenvalue weighted by Crippen LogP contribution is -2.49. The first-order valence-corrected chi connectivity index (χ1v) is 11.3. The zero-order valence-corrected chi connectivity index (χ0v) is 19.4. The molecule has 2 aromatic carbocycles. The van der Waals surface area contributed by atoms with E-state index in [0.717, 1.165) is 10.9 Å². The number of aromatic nitrogens is 2. The molecule has 8 nitrogen and oxygen atoms in total. The van der Waals surface area contributed by atoms with Gasteiger partial charge in [-0.2, -0.15) is 9.78 Å². The van der Waals surface area contributed by atoms with E-state index >= 15 is 0 Å².